The third kappa shape index (κ3) is 8.78. The number of aromatic nitrogens is 3. The summed E-state index contributed by atoms with van der Waals surface area (Å²) in [5.41, 5.74) is 3.42. The predicted octanol–water partition coefficient (Wildman–Crippen LogP) is 6.68. The zero-order valence-electron chi connectivity index (χ0n) is 31.4. The number of ether oxygens (including phenoxy) is 2. The molecule has 2 N–H and O–H groups in total. The molecule has 0 bridgehead atoms. The maximum Gasteiger partial charge on any atom is 0.254 e. The number of H-pyrrole nitrogens is 1. The number of hydrogen-bond donors (Lipinski definition) is 2. The summed E-state index contributed by atoms with van der Waals surface area (Å²) in [4.78, 5) is 58.6. The highest BCUT2D eigenvalue weighted by Crippen LogP contribution is 2.38. The lowest BCUT2D eigenvalue weighted by Crippen LogP contribution is -2.53. The molecule has 11 nitrogen and oxygen atoms in total. The van der Waals surface area contributed by atoms with Crippen LogP contribution < -0.4 is 14.8 Å². The molecule has 2 saturated heterocycles. The van der Waals surface area contributed by atoms with Crippen molar-refractivity contribution >= 4 is 40.2 Å². The fourth-order valence-corrected chi connectivity index (χ4v) is 8.20. The Morgan fingerprint density at radius 3 is 2.47 bits per heavy atom. The Bertz CT molecular complexity index is 2130. The summed E-state index contributed by atoms with van der Waals surface area (Å²) in [7, 11) is 1.55. The summed E-state index contributed by atoms with van der Waals surface area (Å²) in [5.74, 6) is 0.370. The van der Waals surface area contributed by atoms with Gasteiger partial charge in [0.2, 0.25) is 11.8 Å². The molecule has 0 radical (unpaired) electrons. The number of piperidine rings is 1. The van der Waals surface area contributed by atoms with Crippen molar-refractivity contribution in [3.8, 4) is 11.5 Å². The van der Waals surface area contributed by atoms with Crippen molar-refractivity contribution in [3.63, 3.8) is 0 Å². The first-order valence-electron chi connectivity index (χ1n) is 18.9. The highest BCUT2D eigenvalue weighted by atomic mass is 35.5. The number of hydrogen-bond acceptors (Lipinski definition) is 7. The van der Waals surface area contributed by atoms with Gasteiger partial charge in [0.05, 0.1) is 31.6 Å². The molecule has 4 atom stereocenters. The number of fused-ring (bicyclic) bond motifs is 2. The number of nitrogens with one attached hydrogen (secondary N) is 2. The van der Waals surface area contributed by atoms with Crippen molar-refractivity contribution in [1.82, 2.24) is 30.1 Å². The molecule has 5 aromatic rings. The van der Waals surface area contributed by atoms with E-state index in [0.717, 1.165) is 29.3 Å². The minimum Gasteiger partial charge on any atom is -0.493 e. The van der Waals surface area contributed by atoms with Gasteiger partial charge in [0.15, 0.2) is 11.5 Å². The van der Waals surface area contributed by atoms with Crippen molar-refractivity contribution < 1.29 is 23.9 Å². The highest BCUT2D eigenvalue weighted by Gasteiger charge is 2.48. The van der Waals surface area contributed by atoms with Gasteiger partial charge in [-0.3, -0.25) is 14.4 Å². The average molecular weight is 763 g/mol. The van der Waals surface area contributed by atoms with Crippen LogP contribution in [0.3, 0.4) is 0 Å². The molecule has 4 heterocycles. The van der Waals surface area contributed by atoms with Crippen molar-refractivity contribution in [2.24, 2.45) is 17.8 Å². The quantitative estimate of drug-likeness (QED) is 0.137. The summed E-state index contributed by atoms with van der Waals surface area (Å²) >= 11 is 6.22. The van der Waals surface area contributed by atoms with Crippen LogP contribution in [0.25, 0.3) is 10.9 Å². The molecule has 55 heavy (non-hydrogen) atoms. The lowest BCUT2D eigenvalue weighted by Gasteiger charge is -2.40. The van der Waals surface area contributed by atoms with E-state index in [1.165, 1.54) is 5.56 Å². The highest BCUT2D eigenvalue weighted by molar-refractivity contribution is 6.31. The van der Waals surface area contributed by atoms with E-state index in [0.29, 0.717) is 54.0 Å². The van der Waals surface area contributed by atoms with Crippen molar-refractivity contribution in [1.29, 1.82) is 0 Å². The van der Waals surface area contributed by atoms with Crippen LogP contribution in [0.2, 0.25) is 5.02 Å². The smallest absolute Gasteiger partial charge is 0.254 e. The second-order valence-electron chi connectivity index (χ2n) is 14.8. The van der Waals surface area contributed by atoms with E-state index in [9.17, 15) is 14.4 Å². The minimum absolute atomic E-state index is 0.0581. The number of nitrogens with zero attached hydrogens (tertiary/aromatic N) is 4. The largest absolute Gasteiger partial charge is 0.493 e. The fraction of sp³-hybridized carbons (Fsp3) is 0.372. The molecule has 3 amide bonds. The van der Waals surface area contributed by atoms with Crippen LogP contribution in [0.15, 0.2) is 91.4 Å². The number of aryl methyl sites for hydroxylation is 1. The lowest BCUT2D eigenvalue weighted by atomic mass is 9.79. The third-order valence-electron chi connectivity index (χ3n) is 10.7. The summed E-state index contributed by atoms with van der Waals surface area (Å²) in [5, 5.41) is 4.84. The number of amides is 3. The number of benzene rings is 3. The van der Waals surface area contributed by atoms with E-state index in [2.05, 4.69) is 32.4 Å². The number of halogens is 1. The first kappa shape index (κ1) is 37.9. The summed E-state index contributed by atoms with van der Waals surface area (Å²) in [6.07, 6.45) is 7.63. The molecule has 7 rings (SSSR count). The van der Waals surface area contributed by atoms with Gasteiger partial charge in [0.25, 0.3) is 5.91 Å². The topological polar surface area (TPSA) is 130 Å². The van der Waals surface area contributed by atoms with Gasteiger partial charge in [-0.1, -0.05) is 48.0 Å². The lowest BCUT2D eigenvalue weighted by molar-refractivity contribution is -0.138. The number of methoxy groups -OCH3 is 1. The first-order valence-corrected chi connectivity index (χ1v) is 19.3. The SMILES string of the molecule is COc1cc(C(=O)N2CC3CN(C(=O)Cc4c[nH]c5cc(Cl)ccc45)CC(C(=O)NC(CCCc4ccccc4)c4ncccn4)C3C2)ccc1OC(C)C. The molecule has 0 aliphatic carbocycles. The molecule has 4 unspecified atom stereocenters. The molecule has 2 fully saturated rings. The Hall–Kier alpha value is -5.42. The van der Waals surface area contributed by atoms with Gasteiger partial charge < -0.3 is 29.6 Å². The molecular weight excluding hydrogens is 716 g/mol. The number of aromatic amines is 1. The molecule has 286 valence electrons. The van der Waals surface area contributed by atoms with Gasteiger partial charge in [-0.15, -0.1) is 0 Å². The molecule has 2 aliphatic heterocycles. The number of rotatable bonds is 13. The molecule has 3 aromatic carbocycles. The molecule has 0 spiro atoms. The second kappa shape index (κ2) is 16.9. The van der Waals surface area contributed by atoms with Crippen molar-refractivity contribution in [3.05, 3.63) is 119 Å². The Balaban J connectivity index is 1.13. The van der Waals surface area contributed by atoms with Gasteiger partial charge in [0, 0.05) is 66.3 Å². The number of carbonyl (C=O) groups is 3. The summed E-state index contributed by atoms with van der Waals surface area (Å²) < 4.78 is 11.4. The normalized spacial score (nSPS) is 18.6. The Labute approximate surface area is 326 Å². The third-order valence-corrected chi connectivity index (χ3v) is 11.0. The minimum atomic E-state index is -0.557. The number of likely N-dealkylation sites (tertiary alicyclic amines) is 2. The monoisotopic (exact) mass is 762 g/mol. The standard InChI is InChI=1S/C43H47ClN6O5/c1-27(2)55-38-16-13-29(19-39(38)54-3)43(53)50-24-31-23-49(40(51)20-30-22-47-37-21-32(44)14-15-33(30)37)26-35(34(31)25-50)42(52)48-36(41-45-17-8-18-46-41)12-7-11-28-9-5-4-6-10-28/h4-6,8-10,13-19,21-22,27,31,34-36,47H,7,11-12,20,23-26H2,1-3H3,(H,48,52). The Morgan fingerprint density at radius 2 is 1.71 bits per heavy atom. The summed E-state index contributed by atoms with van der Waals surface area (Å²) in [6.45, 7) is 5.35. The molecule has 2 aliphatic rings. The second-order valence-corrected chi connectivity index (χ2v) is 15.2. The molecule has 0 saturated carbocycles. The van der Waals surface area contributed by atoms with Gasteiger partial charge >= 0.3 is 0 Å². The maximum atomic E-state index is 14.5. The average Bonchev–Trinajstić information content (AvgIpc) is 3.81. The van der Waals surface area contributed by atoms with Crippen LogP contribution in [-0.2, 0) is 22.4 Å². The van der Waals surface area contributed by atoms with E-state index < -0.39 is 12.0 Å². The van der Waals surface area contributed by atoms with Gasteiger partial charge in [-0.2, -0.15) is 0 Å². The van der Waals surface area contributed by atoms with Crippen molar-refractivity contribution in [2.45, 2.75) is 51.7 Å². The van der Waals surface area contributed by atoms with E-state index >= 15 is 0 Å². The van der Waals surface area contributed by atoms with E-state index in [4.69, 9.17) is 21.1 Å². The zero-order valence-corrected chi connectivity index (χ0v) is 32.2. The van der Waals surface area contributed by atoms with E-state index in [1.54, 1.807) is 48.7 Å². The van der Waals surface area contributed by atoms with E-state index in [1.807, 2.05) is 61.3 Å². The molecular formula is C43H47ClN6O5. The first-order chi connectivity index (χ1) is 26.7. The fourth-order valence-electron chi connectivity index (χ4n) is 8.03. The van der Waals surface area contributed by atoms with Crippen LogP contribution in [0.4, 0.5) is 0 Å². The maximum absolute atomic E-state index is 14.5. The molecule has 2 aromatic heterocycles. The van der Waals surface area contributed by atoms with Gasteiger partial charge in [0.1, 0.15) is 5.82 Å². The zero-order chi connectivity index (χ0) is 38.5. The van der Waals surface area contributed by atoms with Crippen LogP contribution in [0.1, 0.15) is 60.0 Å². The number of carbonyl (C=O) groups excluding carboxylic acids is 3. The van der Waals surface area contributed by atoms with Crippen LogP contribution in [0.5, 0.6) is 11.5 Å². The molecule has 12 heteroatoms. The Kier molecular flexibility index (Phi) is 11.7. The Morgan fingerprint density at radius 1 is 0.927 bits per heavy atom. The predicted molar refractivity (Wildman–Crippen MR) is 211 cm³/mol. The van der Waals surface area contributed by atoms with Gasteiger partial charge in [-0.05, 0) is 92.5 Å². The van der Waals surface area contributed by atoms with Crippen LogP contribution in [-0.4, -0.2) is 81.9 Å². The van der Waals surface area contributed by atoms with Crippen LogP contribution >= 0.6 is 11.6 Å². The van der Waals surface area contributed by atoms with E-state index in [-0.39, 0.29) is 48.6 Å². The summed E-state index contributed by atoms with van der Waals surface area (Å²) in [6, 6.07) is 22.4. The van der Waals surface area contributed by atoms with Crippen LogP contribution in [0, 0.1) is 17.8 Å². The van der Waals surface area contributed by atoms with Gasteiger partial charge in [-0.25, -0.2) is 9.97 Å². The van der Waals surface area contributed by atoms with Crippen molar-refractivity contribution in [2.75, 3.05) is 33.3 Å².